The van der Waals surface area contributed by atoms with Crippen LogP contribution in [0.1, 0.15) is 34.1 Å². The van der Waals surface area contributed by atoms with Gasteiger partial charge in [-0.3, -0.25) is 0 Å². The number of thioether (sulfide) groups is 2. The van der Waals surface area contributed by atoms with E-state index in [1.807, 2.05) is 35.5 Å². The Morgan fingerprint density at radius 3 is 1.68 bits per heavy atom. The van der Waals surface area contributed by atoms with Gasteiger partial charge in [-0.25, -0.2) is 0 Å². The minimum absolute atomic E-state index is 0.493. The van der Waals surface area contributed by atoms with Crippen molar-refractivity contribution in [2.75, 3.05) is 17.9 Å². The van der Waals surface area contributed by atoms with Gasteiger partial charge in [-0.15, -0.1) is 11.8 Å². The molecule has 2 aliphatic rings. The Hall–Kier alpha value is -2.02. The van der Waals surface area contributed by atoms with Crippen LogP contribution in [0.25, 0.3) is 10.5 Å². The van der Waals surface area contributed by atoms with Crippen LogP contribution in [0, 0.1) is 0 Å². The van der Waals surface area contributed by atoms with Gasteiger partial charge in [0.2, 0.25) is 0 Å². The molecule has 4 aromatic rings. The maximum Gasteiger partial charge on any atom is 0.0665 e. The molecule has 0 radical (unpaired) electrons. The van der Waals surface area contributed by atoms with Crippen molar-refractivity contribution in [2.24, 2.45) is 0 Å². The molecule has 1 fully saturated rings. The Bertz CT molecular complexity index is 1350. The molecule has 6 rings (SSSR count). The smallest absolute Gasteiger partial charge is 0.0665 e. The minimum atomic E-state index is 0.493. The monoisotopic (exact) mass is 569 g/mol. The third-order valence-electron chi connectivity index (χ3n) is 7.37. The van der Waals surface area contributed by atoms with Crippen LogP contribution in [-0.4, -0.2) is 32.1 Å². The largest absolute Gasteiger partial charge is 0.180 e. The zero-order valence-electron chi connectivity index (χ0n) is 21.4. The summed E-state index contributed by atoms with van der Waals surface area (Å²) in [7, 11) is 0. The Morgan fingerprint density at radius 1 is 0.632 bits per heavy atom. The van der Waals surface area contributed by atoms with Crippen molar-refractivity contribution in [2.45, 2.75) is 22.3 Å². The molecule has 1 saturated carbocycles. The quantitative estimate of drug-likeness (QED) is 0.203. The van der Waals surface area contributed by atoms with Crippen LogP contribution < -0.4 is 0 Å². The van der Waals surface area contributed by atoms with E-state index < -0.39 is 0 Å². The van der Waals surface area contributed by atoms with Gasteiger partial charge in [0.25, 0.3) is 0 Å². The number of rotatable bonds is 7. The lowest BCUT2D eigenvalue weighted by atomic mass is 9.66. The normalized spacial score (nSPS) is 24.0. The lowest BCUT2D eigenvalue weighted by molar-refractivity contribution is 0.374. The van der Waals surface area contributed by atoms with Gasteiger partial charge in [-0.1, -0.05) is 133 Å². The Kier molecular flexibility index (Phi) is 8.58. The molecule has 1 aliphatic heterocycles. The highest BCUT2D eigenvalue weighted by Crippen LogP contribution is 2.60. The first-order valence-corrected chi connectivity index (χ1v) is 17.1. The van der Waals surface area contributed by atoms with Gasteiger partial charge in [-0.2, -0.15) is 15.5 Å². The average molecular weight is 570 g/mol. The zero-order chi connectivity index (χ0) is 25.7. The SMILES string of the molecule is CSC1C(SN2CSCC(c3ccccc3)=C(c3ccccc3)S2)C(c2ccccc2)[C@H]1c1ccccc1. The van der Waals surface area contributed by atoms with E-state index in [1.165, 1.54) is 32.7 Å². The third-order valence-corrected chi connectivity index (χ3v) is 12.6. The molecule has 0 bridgehead atoms. The standard InChI is InChI=1S/C33H31NS4/c1-35-32-29(25-16-8-3-9-17-25)30(26-18-10-4-11-19-26)33(32)38-34-23-36-22-28(24-14-6-2-7-15-24)31(37-34)27-20-12-5-13-21-27/h2-21,29-30,32-33H,22-23H2,1H3/t29-,30?,32?,33?/m1/s1. The van der Waals surface area contributed by atoms with E-state index in [2.05, 4.69) is 143 Å². The first-order chi connectivity index (χ1) is 18.8. The molecule has 0 N–H and O–H groups in total. The molecule has 0 spiro atoms. The second-order valence-electron chi connectivity index (χ2n) is 9.58. The predicted molar refractivity (Wildman–Crippen MR) is 174 cm³/mol. The molecule has 1 heterocycles. The molecule has 38 heavy (non-hydrogen) atoms. The number of hydrogen-bond donors (Lipinski definition) is 0. The van der Waals surface area contributed by atoms with E-state index in [4.69, 9.17) is 0 Å². The van der Waals surface area contributed by atoms with Crippen LogP contribution in [0.4, 0.5) is 0 Å². The number of hydrogen-bond acceptors (Lipinski definition) is 5. The second-order valence-corrected chi connectivity index (χ2v) is 14.0. The Labute approximate surface area is 244 Å². The molecule has 4 aromatic carbocycles. The first-order valence-electron chi connectivity index (χ1n) is 13.0. The van der Waals surface area contributed by atoms with E-state index in [1.54, 1.807) is 0 Å². The van der Waals surface area contributed by atoms with Crippen molar-refractivity contribution in [3.63, 3.8) is 0 Å². The van der Waals surface area contributed by atoms with Gasteiger partial charge >= 0.3 is 0 Å². The Morgan fingerprint density at radius 2 is 1.13 bits per heavy atom. The lowest BCUT2D eigenvalue weighted by Gasteiger charge is -2.52. The summed E-state index contributed by atoms with van der Waals surface area (Å²) in [4.78, 5) is 1.38. The van der Waals surface area contributed by atoms with Crippen LogP contribution in [-0.2, 0) is 0 Å². The van der Waals surface area contributed by atoms with Crippen molar-refractivity contribution in [1.82, 2.24) is 3.71 Å². The minimum Gasteiger partial charge on any atom is -0.180 e. The second kappa shape index (κ2) is 12.4. The summed E-state index contributed by atoms with van der Waals surface area (Å²) < 4.78 is 2.56. The molecule has 1 nitrogen and oxygen atoms in total. The van der Waals surface area contributed by atoms with E-state index in [-0.39, 0.29) is 0 Å². The van der Waals surface area contributed by atoms with Gasteiger partial charge in [0.15, 0.2) is 0 Å². The van der Waals surface area contributed by atoms with Crippen molar-refractivity contribution in [3.05, 3.63) is 144 Å². The molecule has 0 aromatic heterocycles. The highest BCUT2D eigenvalue weighted by atomic mass is 32.2. The van der Waals surface area contributed by atoms with Crippen LogP contribution in [0.15, 0.2) is 121 Å². The fourth-order valence-corrected chi connectivity index (χ4v) is 11.3. The van der Waals surface area contributed by atoms with Crippen LogP contribution >= 0.6 is 47.4 Å². The lowest BCUT2D eigenvalue weighted by Crippen LogP contribution is -2.49. The maximum absolute atomic E-state index is 2.56. The fourth-order valence-electron chi connectivity index (χ4n) is 5.55. The Balaban J connectivity index is 1.33. The summed E-state index contributed by atoms with van der Waals surface area (Å²) in [6.45, 7) is 0. The molecule has 192 valence electrons. The van der Waals surface area contributed by atoms with E-state index in [9.17, 15) is 0 Å². The van der Waals surface area contributed by atoms with Gasteiger partial charge < -0.3 is 0 Å². The van der Waals surface area contributed by atoms with Gasteiger partial charge in [0, 0.05) is 33.0 Å². The topological polar surface area (TPSA) is 3.24 Å². The van der Waals surface area contributed by atoms with E-state index in [0.29, 0.717) is 22.3 Å². The fraction of sp³-hybridized carbons (Fsp3) is 0.212. The highest BCUT2D eigenvalue weighted by molar-refractivity contribution is 8.18. The van der Waals surface area contributed by atoms with Crippen molar-refractivity contribution in [3.8, 4) is 0 Å². The summed E-state index contributed by atoms with van der Waals surface area (Å²) in [6, 6.07) is 44.2. The summed E-state index contributed by atoms with van der Waals surface area (Å²) in [6.07, 6.45) is 2.29. The van der Waals surface area contributed by atoms with Crippen LogP contribution in [0.5, 0.6) is 0 Å². The predicted octanol–water partition coefficient (Wildman–Crippen LogP) is 9.54. The van der Waals surface area contributed by atoms with Gasteiger partial charge in [0.05, 0.1) is 5.88 Å². The maximum atomic E-state index is 2.56. The molecule has 4 atom stereocenters. The van der Waals surface area contributed by atoms with Crippen molar-refractivity contribution >= 4 is 57.9 Å². The van der Waals surface area contributed by atoms with Crippen LogP contribution in [0.3, 0.4) is 0 Å². The summed E-state index contributed by atoms with van der Waals surface area (Å²) >= 11 is 8.07. The van der Waals surface area contributed by atoms with E-state index in [0.717, 1.165) is 11.6 Å². The molecule has 5 heteroatoms. The number of nitrogens with zero attached hydrogens (tertiary/aromatic N) is 1. The molecular weight excluding hydrogens is 539 g/mol. The zero-order valence-corrected chi connectivity index (χ0v) is 24.6. The van der Waals surface area contributed by atoms with Gasteiger partial charge in [0.1, 0.15) is 0 Å². The molecule has 0 amide bonds. The molecule has 1 aliphatic carbocycles. The number of benzene rings is 4. The summed E-state index contributed by atoms with van der Waals surface area (Å²) in [5.74, 6) is 3.04. The average Bonchev–Trinajstić information content (AvgIpc) is 3.20. The third kappa shape index (κ3) is 5.50. The molecule has 3 unspecified atom stereocenters. The summed E-state index contributed by atoms with van der Waals surface area (Å²) in [5.41, 5.74) is 7.00. The summed E-state index contributed by atoms with van der Waals surface area (Å²) in [5, 5.41) is 1.08. The van der Waals surface area contributed by atoms with Crippen LogP contribution in [0.2, 0.25) is 0 Å². The molecule has 0 saturated heterocycles. The molecular formula is C33H31NS4. The van der Waals surface area contributed by atoms with Crippen molar-refractivity contribution in [1.29, 1.82) is 0 Å². The highest BCUT2D eigenvalue weighted by Gasteiger charge is 2.52. The van der Waals surface area contributed by atoms with E-state index >= 15 is 0 Å². The first kappa shape index (κ1) is 26.2. The van der Waals surface area contributed by atoms with Gasteiger partial charge in [-0.05, 0) is 46.0 Å². The van der Waals surface area contributed by atoms with Crippen molar-refractivity contribution < 1.29 is 0 Å².